The Morgan fingerprint density at radius 1 is 1.30 bits per heavy atom. The van der Waals surface area contributed by atoms with Crippen LogP contribution in [0.3, 0.4) is 0 Å². The Labute approximate surface area is 134 Å². The van der Waals surface area contributed by atoms with Crippen LogP contribution in [-0.2, 0) is 4.79 Å². The second-order valence-electron chi connectivity index (χ2n) is 5.84. The molecule has 0 saturated heterocycles. The normalized spacial score (nSPS) is 15.6. The van der Waals surface area contributed by atoms with Gasteiger partial charge in [-0.15, -0.1) is 0 Å². The summed E-state index contributed by atoms with van der Waals surface area (Å²) in [5.41, 5.74) is 5.77. The van der Waals surface area contributed by atoms with Gasteiger partial charge in [0, 0.05) is 0 Å². The lowest BCUT2D eigenvalue weighted by molar-refractivity contribution is -0.153. The molecular weight excluding hydrogens is 309 g/mol. The number of nitrogens with one attached hydrogen (secondary N) is 1. The van der Waals surface area contributed by atoms with Crippen molar-refractivity contribution in [3.63, 3.8) is 0 Å². The van der Waals surface area contributed by atoms with E-state index in [2.05, 4.69) is 10.1 Å². The highest BCUT2D eigenvalue weighted by Gasteiger charge is 2.29. The molecule has 0 saturated carbocycles. The van der Waals surface area contributed by atoms with E-state index >= 15 is 0 Å². The molecule has 1 rings (SSSR count). The molecule has 1 aromatic carbocycles. The highest BCUT2D eigenvalue weighted by atomic mass is 19.4. The summed E-state index contributed by atoms with van der Waals surface area (Å²) in [5, 5.41) is 2.81. The standard InChI is InChI=1S/C16H23F3N2O2/c1-4-9-15(3,20)14(22)21-11(2)12-5-7-13(8-6-12)23-10-16(17,18)19/h5-8,11H,4,9-10,20H2,1-3H3,(H,21,22). The third kappa shape index (κ3) is 6.48. The quantitative estimate of drug-likeness (QED) is 0.805. The Hall–Kier alpha value is -1.76. The van der Waals surface area contributed by atoms with Crippen LogP contribution >= 0.6 is 0 Å². The van der Waals surface area contributed by atoms with Gasteiger partial charge in [0.25, 0.3) is 0 Å². The van der Waals surface area contributed by atoms with Gasteiger partial charge >= 0.3 is 6.18 Å². The van der Waals surface area contributed by atoms with E-state index in [-0.39, 0.29) is 17.7 Å². The molecule has 1 aromatic rings. The fraction of sp³-hybridized carbons (Fsp3) is 0.562. The number of halogens is 3. The molecule has 1 amide bonds. The summed E-state index contributed by atoms with van der Waals surface area (Å²) in [7, 11) is 0. The first-order chi connectivity index (χ1) is 10.5. The van der Waals surface area contributed by atoms with Crippen LogP contribution in [0, 0.1) is 0 Å². The third-order valence-corrected chi connectivity index (χ3v) is 3.42. The zero-order valence-corrected chi connectivity index (χ0v) is 13.5. The average Bonchev–Trinajstić information content (AvgIpc) is 2.44. The highest BCUT2D eigenvalue weighted by molar-refractivity contribution is 5.85. The van der Waals surface area contributed by atoms with Crippen LogP contribution in [0.1, 0.15) is 45.2 Å². The first-order valence-electron chi connectivity index (χ1n) is 7.44. The number of rotatable bonds is 7. The Kier molecular flexibility index (Phi) is 6.44. The monoisotopic (exact) mass is 332 g/mol. The van der Waals surface area contributed by atoms with E-state index in [4.69, 9.17) is 5.73 Å². The molecule has 4 nitrogen and oxygen atoms in total. The number of hydrogen-bond donors (Lipinski definition) is 2. The van der Waals surface area contributed by atoms with Gasteiger partial charge in [0.15, 0.2) is 6.61 Å². The zero-order chi connectivity index (χ0) is 17.7. The largest absolute Gasteiger partial charge is 0.484 e. The van der Waals surface area contributed by atoms with Gasteiger partial charge in [0.2, 0.25) is 5.91 Å². The summed E-state index contributed by atoms with van der Waals surface area (Å²) in [4.78, 5) is 12.1. The summed E-state index contributed by atoms with van der Waals surface area (Å²) >= 11 is 0. The summed E-state index contributed by atoms with van der Waals surface area (Å²) in [6.45, 7) is 4.07. The number of benzene rings is 1. The minimum Gasteiger partial charge on any atom is -0.484 e. The van der Waals surface area contributed by atoms with Crippen molar-refractivity contribution in [1.82, 2.24) is 5.32 Å². The van der Waals surface area contributed by atoms with E-state index in [0.29, 0.717) is 6.42 Å². The maximum atomic E-state index is 12.1. The van der Waals surface area contributed by atoms with Crippen molar-refractivity contribution in [2.24, 2.45) is 5.73 Å². The highest BCUT2D eigenvalue weighted by Crippen LogP contribution is 2.21. The predicted molar refractivity (Wildman–Crippen MR) is 82.1 cm³/mol. The molecule has 3 N–H and O–H groups in total. The van der Waals surface area contributed by atoms with Crippen molar-refractivity contribution in [1.29, 1.82) is 0 Å². The van der Waals surface area contributed by atoms with Crippen LogP contribution in [-0.4, -0.2) is 24.2 Å². The fourth-order valence-corrected chi connectivity index (χ4v) is 2.10. The van der Waals surface area contributed by atoms with Crippen molar-refractivity contribution < 1.29 is 22.7 Å². The van der Waals surface area contributed by atoms with Crippen LogP contribution in [0.25, 0.3) is 0 Å². The lowest BCUT2D eigenvalue weighted by atomic mass is 9.95. The fourth-order valence-electron chi connectivity index (χ4n) is 2.10. The molecule has 0 fully saturated rings. The van der Waals surface area contributed by atoms with Gasteiger partial charge in [-0.1, -0.05) is 25.5 Å². The maximum Gasteiger partial charge on any atom is 0.422 e. The second kappa shape index (κ2) is 7.68. The molecule has 2 atom stereocenters. The topological polar surface area (TPSA) is 64.4 Å². The van der Waals surface area contributed by atoms with Crippen molar-refractivity contribution in [2.75, 3.05) is 6.61 Å². The van der Waals surface area contributed by atoms with Crippen LogP contribution in [0.4, 0.5) is 13.2 Å². The van der Waals surface area contributed by atoms with Gasteiger partial charge in [-0.05, 0) is 38.0 Å². The maximum absolute atomic E-state index is 12.1. The Morgan fingerprint density at radius 3 is 2.35 bits per heavy atom. The van der Waals surface area contributed by atoms with Gasteiger partial charge in [-0.25, -0.2) is 0 Å². The summed E-state index contributed by atoms with van der Waals surface area (Å²) < 4.78 is 40.9. The SMILES string of the molecule is CCCC(C)(N)C(=O)NC(C)c1ccc(OCC(F)(F)F)cc1. The van der Waals surface area contributed by atoms with Crippen molar-refractivity contribution >= 4 is 5.91 Å². The minimum atomic E-state index is -4.37. The summed E-state index contributed by atoms with van der Waals surface area (Å²) in [6.07, 6.45) is -3.01. The van der Waals surface area contributed by atoms with E-state index < -0.39 is 18.3 Å². The lowest BCUT2D eigenvalue weighted by Crippen LogP contribution is -2.52. The predicted octanol–water partition coefficient (Wildman–Crippen LogP) is 3.32. The summed E-state index contributed by atoms with van der Waals surface area (Å²) in [6, 6.07) is 5.81. The lowest BCUT2D eigenvalue weighted by Gasteiger charge is -2.25. The molecule has 0 aliphatic carbocycles. The average molecular weight is 332 g/mol. The van der Waals surface area contributed by atoms with Crippen molar-refractivity contribution in [2.45, 2.75) is 51.4 Å². The third-order valence-electron chi connectivity index (χ3n) is 3.42. The summed E-state index contributed by atoms with van der Waals surface area (Å²) in [5.74, 6) is -0.136. The zero-order valence-electron chi connectivity index (χ0n) is 13.5. The molecular formula is C16H23F3N2O2. The molecule has 23 heavy (non-hydrogen) atoms. The van der Waals surface area contributed by atoms with E-state index in [9.17, 15) is 18.0 Å². The number of nitrogens with two attached hydrogens (primary N) is 1. The van der Waals surface area contributed by atoms with Gasteiger partial charge in [-0.2, -0.15) is 13.2 Å². The number of hydrogen-bond acceptors (Lipinski definition) is 3. The Bertz CT molecular complexity index is 513. The van der Waals surface area contributed by atoms with Crippen LogP contribution in [0.15, 0.2) is 24.3 Å². The molecule has 2 unspecified atom stereocenters. The molecule has 0 bridgehead atoms. The molecule has 7 heteroatoms. The number of ether oxygens (including phenoxy) is 1. The Balaban J connectivity index is 2.64. The van der Waals surface area contributed by atoms with Crippen molar-refractivity contribution in [3.05, 3.63) is 29.8 Å². The first-order valence-corrected chi connectivity index (χ1v) is 7.44. The van der Waals surface area contributed by atoms with Crippen molar-refractivity contribution in [3.8, 4) is 5.75 Å². The molecule has 0 heterocycles. The van der Waals surface area contributed by atoms with Gasteiger partial charge in [0.1, 0.15) is 5.75 Å². The second-order valence-corrected chi connectivity index (χ2v) is 5.84. The van der Waals surface area contributed by atoms with Crippen LogP contribution < -0.4 is 15.8 Å². The van der Waals surface area contributed by atoms with E-state index in [1.807, 2.05) is 6.92 Å². The molecule has 0 aromatic heterocycles. The number of alkyl halides is 3. The number of carbonyl (C=O) groups is 1. The van der Waals surface area contributed by atoms with E-state index in [0.717, 1.165) is 12.0 Å². The minimum absolute atomic E-state index is 0.124. The van der Waals surface area contributed by atoms with Crippen LogP contribution in [0.5, 0.6) is 5.75 Å². The van der Waals surface area contributed by atoms with Gasteiger partial charge < -0.3 is 15.8 Å². The van der Waals surface area contributed by atoms with Gasteiger partial charge in [-0.3, -0.25) is 4.79 Å². The van der Waals surface area contributed by atoms with E-state index in [1.54, 1.807) is 26.0 Å². The molecule has 0 aliphatic rings. The molecule has 0 spiro atoms. The van der Waals surface area contributed by atoms with Gasteiger partial charge in [0.05, 0.1) is 11.6 Å². The smallest absolute Gasteiger partial charge is 0.422 e. The number of carbonyl (C=O) groups excluding carboxylic acids is 1. The van der Waals surface area contributed by atoms with E-state index in [1.165, 1.54) is 12.1 Å². The molecule has 130 valence electrons. The molecule has 0 aliphatic heterocycles. The first kappa shape index (κ1) is 19.3. The Morgan fingerprint density at radius 2 is 1.87 bits per heavy atom. The number of amides is 1. The molecule has 0 radical (unpaired) electrons. The van der Waals surface area contributed by atoms with Crippen LogP contribution in [0.2, 0.25) is 0 Å².